The van der Waals surface area contributed by atoms with Crippen LogP contribution in [-0.4, -0.2) is 46.7 Å². The molecule has 118 valence electrons. The number of ether oxygens (including phenoxy) is 1. The lowest BCUT2D eigenvalue weighted by atomic mass is 10.3. The van der Waals surface area contributed by atoms with Gasteiger partial charge in [0.1, 0.15) is 10.7 Å². The normalized spacial score (nSPS) is 11.5. The Bertz CT molecular complexity index is 594. The van der Waals surface area contributed by atoms with Gasteiger partial charge in [-0.2, -0.15) is 0 Å². The first-order valence-electron chi connectivity index (χ1n) is 6.01. The molecule has 10 heteroatoms. The van der Waals surface area contributed by atoms with Crippen LogP contribution in [0.4, 0.5) is 10.1 Å². The zero-order chi connectivity index (χ0) is 15.9. The van der Waals surface area contributed by atoms with Crippen molar-refractivity contribution in [3.05, 3.63) is 34.1 Å². The summed E-state index contributed by atoms with van der Waals surface area (Å²) in [6, 6.07) is 2.38. The fourth-order valence-corrected chi connectivity index (χ4v) is 2.56. The van der Waals surface area contributed by atoms with Crippen molar-refractivity contribution in [2.45, 2.75) is 4.90 Å². The third kappa shape index (κ3) is 5.34. The second-order valence-corrected chi connectivity index (χ2v) is 5.75. The molecular weight excluding hydrogens is 305 g/mol. The van der Waals surface area contributed by atoms with Crippen LogP contribution in [0.5, 0.6) is 0 Å². The van der Waals surface area contributed by atoms with E-state index in [0.717, 1.165) is 12.1 Å². The van der Waals surface area contributed by atoms with Crippen LogP contribution in [0.2, 0.25) is 0 Å². The van der Waals surface area contributed by atoms with E-state index in [4.69, 9.17) is 4.74 Å². The first-order chi connectivity index (χ1) is 9.88. The van der Waals surface area contributed by atoms with E-state index in [2.05, 4.69) is 10.0 Å². The van der Waals surface area contributed by atoms with E-state index in [9.17, 15) is 22.9 Å². The lowest BCUT2D eigenvalue weighted by Gasteiger charge is -2.08. The summed E-state index contributed by atoms with van der Waals surface area (Å²) < 4.78 is 44.3. The number of nitrogens with one attached hydrogen (secondary N) is 2. The molecule has 0 heterocycles. The first kappa shape index (κ1) is 17.4. The summed E-state index contributed by atoms with van der Waals surface area (Å²) in [4.78, 5) is 9.05. The lowest BCUT2D eigenvalue weighted by molar-refractivity contribution is -0.385. The van der Waals surface area contributed by atoms with E-state index in [-0.39, 0.29) is 6.54 Å². The molecule has 0 aromatic heterocycles. The maximum atomic E-state index is 13.6. The molecule has 0 fully saturated rings. The highest BCUT2D eigenvalue weighted by Gasteiger charge is 2.21. The molecule has 0 radical (unpaired) electrons. The molecule has 0 saturated carbocycles. The van der Waals surface area contributed by atoms with Gasteiger partial charge in [0, 0.05) is 32.8 Å². The van der Waals surface area contributed by atoms with Crippen molar-refractivity contribution < 1.29 is 22.5 Å². The van der Waals surface area contributed by atoms with Crippen LogP contribution in [0.1, 0.15) is 0 Å². The van der Waals surface area contributed by atoms with Gasteiger partial charge in [-0.15, -0.1) is 0 Å². The van der Waals surface area contributed by atoms with E-state index >= 15 is 0 Å². The van der Waals surface area contributed by atoms with Crippen LogP contribution in [-0.2, 0) is 14.8 Å². The average Bonchev–Trinajstić information content (AvgIpc) is 2.42. The monoisotopic (exact) mass is 321 g/mol. The Kier molecular flexibility index (Phi) is 6.62. The standard InChI is InChI=1S/C11H16FN3O5S/c1-20-7-6-13-4-5-14-21(18,19)11-3-2-9(15(16)17)8-10(11)12/h2-3,8,13-14H,4-7H2,1H3. The van der Waals surface area contributed by atoms with E-state index in [0.29, 0.717) is 25.8 Å². The summed E-state index contributed by atoms with van der Waals surface area (Å²) in [7, 11) is -2.50. The number of methoxy groups -OCH3 is 1. The molecule has 0 atom stereocenters. The lowest BCUT2D eigenvalue weighted by Crippen LogP contribution is -2.33. The number of non-ortho nitro benzene ring substituents is 1. The van der Waals surface area contributed by atoms with Gasteiger partial charge in [-0.1, -0.05) is 0 Å². The quantitative estimate of drug-likeness (QED) is 0.383. The Balaban J connectivity index is 2.64. The van der Waals surface area contributed by atoms with Crippen molar-refractivity contribution in [3.63, 3.8) is 0 Å². The van der Waals surface area contributed by atoms with E-state index in [1.165, 1.54) is 0 Å². The van der Waals surface area contributed by atoms with Crippen LogP contribution < -0.4 is 10.0 Å². The van der Waals surface area contributed by atoms with Gasteiger partial charge in [0.2, 0.25) is 10.0 Å². The van der Waals surface area contributed by atoms with Crippen molar-refractivity contribution in [1.82, 2.24) is 10.0 Å². The van der Waals surface area contributed by atoms with Gasteiger partial charge in [-0.25, -0.2) is 17.5 Å². The van der Waals surface area contributed by atoms with Gasteiger partial charge < -0.3 is 10.1 Å². The molecule has 0 amide bonds. The summed E-state index contributed by atoms with van der Waals surface area (Å²) in [5.74, 6) is -1.16. The van der Waals surface area contributed by atoms with Gasteiger partial charge in [-0.05, 0) is 6.07 Å². The molecule has 1 aromatic rings. The number of hydrogen-bond acceptors (Lipinski definition) is 6. The Morgan fingerprint density at radius 2 is 2.05 bits per heavy atom. The summed E-state index contributed by atoms with van der Waals surface area (Å²) in [5.41, 5.74) is -0.507. The summed E-state index contributed by atoms with van der Waals surface area (Å²) in [6.45, 7) is 1.45. The first-order valence-corrected chi connectivity index (χ1v) is 7.50. The van der Waals surface area contributed by atoms with Crippen LogP contribution in [0.25, 0.3) is 0 Å². The highest BCUT2D eigenvalue weighted by Crippen LogP contribution is 2.20. The predicted octanol–water partition coefficient (Wildman–Crippen LogP) is 0.248. The van der Waals surface area contributed by atoms with Gasteiger partial charge in [-0.3, -0.25) is 10.1 Å². The van der Waals surface area contributed by atoms with Crippen LogP contribution in [0, 0.1) is 15.9 Å². The summed E-state index contributed by atoms with van der Waals surface area (Å²) >= 11 is 0. The van der Waals surface area contributed by atoms with Gasteiger partial charge >= 0.3 is 0 Å². The van der Waals surface area contributed by atoms with E-state index in [1.807, 2.05) is 0 Å². The number of nitro benzene ring substituents is 1. The van der Waals surface area contributed by atoms with Crippen molar-refractivity contribution in [3.8, 4) is 0 Å². The third-order valence-electron chi connectivity index (χ3n) is 2.49. The highest BCUT2D eigenvalue weighted by atomic mass is 32.2. The molecule has 0 saturated heterocycles. The fraction of sp³-hybridized carbons (Fsp3) is 0.455. The Labute approximate surface area is 121 Å². The van der Waals surface area contributed by atoms with Gasteiger partial charge in [0.15, 0.2) is 0 Å². The Morgan fingerprint density at radius 3 is 2.62 bits per heavy atom. The molecule has 0 bridgehead atoms. The molecule has 0 aliphatic carbocycles. The zero-order valence-electron chi connectivity index (χ0n) is 11.3. The molecule has 1 rings (SSSR count). The Hall–Kier alpha value is -1.62. The second kappa shape index (κ2) is 7.98. The maximum Gasteiger partial charge on any atom is 0.272 e. The molecule has 0 aliphatic heterocycles. The molecular formula is C11H16FN3O5S. The minimum atomic E-state index is -4.05. The molecule has 21 heavy (non-hydrogen) atoms. The zero-order valence-corrected chi connectivity index (χ0v) is 12.2. The number of rotatable bonds is 9. The topological polar surface area (TPSA) is 111 Å². The third-order valence-corrected chi connectivity index (χ3v) is 3.99. The van der Waals surface area contributed by atoms with Crippen molar-refractivity contribution in [1.29, 1.82) is 0 Å². The molecule has 0 unspecified atom stereocenters. The SMILES string of the molecule is COCCNCCNS(=O)(=O)c1ccc([N+](=O)[O-])cc1F. The fourth-order valence-electron chi connectivity index (χ4n) is 1.47. The maximum absolute atomic E-state index is 13.6. The highest BCUT2D eigenvalue weighted by molar-refractivity contribution is 7.89. The number of nitrogens with zero attached hydrogens (tertiary/aromatic N) is 1. The van der Waals surface area contributed by atoms with Crippen LogP contribution in [0.3, 0.4) is 0 Å². The summed E-state index contributed by atoms with van der Waals surface area (Å²) in [5, 5.41) is 13.4. The molecule has 8 nitrogen and oxygen atoms in total. The predicted molar refractivity (Wildman–Crippen MR) is 73.0 cm³/mol. The molecule has 2 N–H and O–H groups in total. The number of hydrogen-bond donors (Lipinski definition) is 2. The van der Waals surface area contributed by atoms with E-state index < -0.39 is 31.3 Å². The molecule has 0 spiro atoms. The van der Waals surface area contributed by atoms with Crippen molar-refractivity contribution >= 4 is 15.7 Å². The number of nitro groups is 1. The van der Waals surface area contributed by atoms with Crippen LogP contribution >= 0.6 is 0 Å². The molecule has 1 aromatic carbocycles. The van der Waals surface area contributed by atoms with Gasteiger partial charge in [0.05, 0.1) is 17.6 Å². The minimum Gasteiger partial charge on any atom is -0.383 e. The molecule has 0 aliphatic rings. The number of sulfonamides is 1. The number of benzene rings is 1. The second-order valence-electron chi connectivity index (χ2n) is 4.01. The summed E-state index contributed by atoms with van der Waals surface area (Å²) in [6.07, 6.45) is 0. The van der Waals surface area contributed by atoms with Gasteiger partial charge in [0.25, 0.3) is 5.69 Å². The average molecular weight is 321 g/mol. The largest absolute Gasteiger partial charge is 0.383 e. The minimum absolute atomic E-state index is 0.0580. The van der Waals surface area contributed by atoms with E-state index in [1.54, 1.807) is 7.11 Å². The van der Waals surface area contributed by atoms with Crippen LogP contribution in [0.15, 0.2) is 23.1 Å². The number of halogens is 1. The van der Waals surface area contributed by atoms with Crippen molar-refractivity contribution in [2.24, 2.45) is 0 Å². The smallest absolute Gasteiger partial charge is 0.272 e. The van der Waals surface area contributed by atoms with Crippen molar-refractivity contribution in [2.75, 3.05) is 33.4 Å². The Morgan fingerprint density at radius 1 is 1.33 bits per heavy atom.